The number of thiazole rings is 1. The van der Waals surface area contributed by atoms with Crippen molar-refractivity contribution in [1.29, 1.82) is 0 Å². The number of nitrogens with one attached hydrogen (secondary N) is 1. The van der Waals surface area contributed by atoms with Crippen LogP contribution in [0.5, 0.6) is 0 Å². The molecule has 0 radical (unpaired) electrons. The van der Waals surface area contributed by atoms with Gasteiger partial charge < -0.3 is 4.90 Å². The van der Waals surface area contributed by atoms with E-state index in [9.17, 15) is 13.2 Å². The quantitative estimate of drug-likeness (QED) is 0.814. The van der Waals surface area contributed by atoms with Crippen molar-refractivity contribution >= 4 is 44.0 Å². The van der Waals surface area contributed by atoms with E-state index in [1.165, 1.54) is 35.6 Å². The Labute approximate surface area is 162 Å². The highest BCUT2D eigenvalue weighted by Crippen LogP contribution is 2.22. The van der Waals surface area contributed by atoms with Crippen molar-refractivity contribution in [3.63, 3.8) is 0 Å². The minimum atomic E-state index is -3.73. The molecule has 26 heavy (non-hydrogen) atoms. The number of anilines is 1. The van der Waals surface area contributed by atoms with Crippen LogP contribution in [0.1, 0.15) is 25.5 Å². The van der Waals surface area contributed by atoms with Crippen LogP contribution in [0.15, 0.2) is 34.5 Å². The molecule has 2 heterocycles. The van der Waals surface area contributed by atoms with E-state index in [0.29, 0.717) is 16.6 Å². The number of carbonyl (C=O) groups is 1. The molecule has 1 aliphatic heterocycles. The van der Waals surface area contributed by atoms with E-state index < -0.39 is 10.0 Å². The van der Waals surface area contributed by atoms with Crippen molar-refractivity contribution in [1.82, 2.24) is 9.88 Å². The largest absolute Gasteiger partial charge is 0.342 e. The van der Waals surface area contributed by atoms with Gasteiger partial charge in [-0.2, -0.15) is 0 Å². The number of aromatic nitrogens is 1. The molecule has 0 spiro atoms. The third-order valence-corrected chi connectivity index (χ3v) is 6.91. The van der Waals surface area contributed by atoms with E-state index in [-0.39, 0.29) is 22.4 Å². The number of sulfonamides is 1. The monoisotopic (exact) mass is 413 g/mol. The Morgan fingerprint density at radius 3 is 2.62 bits per heavy atom. The third kappa shape index (κ3) is 4.75. The molecule has 3 rings (SSSR count). The Morgan fingerprint density at radius 2 is 1.96 bits per heavy atom. The van der Waals surface area contributed by atoms with Gasteiger partial charge in [-0.05, 0) is 43.0 Å². The molecule has 1 aliphatic rings. The highest BCUT2D eigenvalue weighted by atomic mass is 35.5. The highest BCUT2D eigenvalue weighted by molar-refractivity contribution is 7.93. The number of benzene rings is 1. The number of piperidine rings is 1. The average Bonchev–Trinajstić information content (AvgIpc) is 3.02. The van der Waals surface area contributed by atoms with E-state index in [2.05, 4.69) is 16.6 Å². The minimum Gasteiger partial charge on any atom is -0.342 e. The van der Waals surface area contributed by atoms with Crippen LogP contribution in [0, 0.1) is 5.92 Å². The number of carbonyl (C=O) groups excluding carboxylic acids is 1. The number of nitrogens with zero attached hydrogens (tertiary/aromatic N) is 2. The molecule has 0 atom stereocenters. The predicted octanol–water partition coefficient (Wildman–Crippen LogP) is 3.40. The molecular formula is C17H20ClN3O3S2. The Morgan fingerprint density at radius 1 is 1.31 bits per heavy atom. The molecule has 1 aromatic heterocycles. The Bertz CT molecular complexity index is 873. The van der Waals surface area contributed by atoms with Gasteiger partial charge in [0.25, 0.3) is 10.0 Å². The van der Waals surface area contributed by atoms with Crippen molar-refractivity contribution in [3.8, 4) is 0 Å². The second kappa shape index (κ2) is 7.94. The topological polar surface area (TPSA) is 79.4 Å². The molecule has 9 heteroatoms. The summed E-state index contributed by atoms with van der Waals surface area (Å²) in [5.74, 6) is 0.696. The summed E-state index contributed by atoms with van der Waals surface area (Å²) < 4.78 is 27.2. The van der Waals surface area contributed by atoms with Crippen LogP contribution in [0.25, 0.3) is 0 Å². The first-order chi connectivity index (χ1) is 12.3. The van der Waals surface area contributed by atoms with Gasteiger partial charge in [-0.15, -0.1) is 11.3 Å². The predicted molar refractivity (Wildman–Crippen MR) is 103 cm³/mol. The lowest BCUT2D eigenvalue weighted by atomic mass is 9.99. The number of amides is 1. The smallest absolute Gasteiger partial charge is 0.263 e. The molecule has 140 valence electrons. The Balaban J connectivity index is 1.62. The first kappa shape index (κ1) is 19.1. The van der Waals surface area contributed by atoms with E-state index in [4.69, 9.17) is 11.6 Å². The van der Waals surface area contributed by atoms with Crippen LogP contribution in [0.2, 0.25) is 5.02 Å². The zero-order chi connectivity index (χ0) is 18.7. The lowest BCUT2D eigenvalue weighted by Gasteiger charge is -2.30. The molecular weight excluding hydrogens is 394 g/mol. The van der Waals surface area contributed by atoms with Crippen molar-refractivity contribution in [2.45, 2.75) is 31.1 Å². The van der Waals surface area contributed by atoms with Crippen LogP contribution in [0.3, 0.4) is 0 Å². The van der Waals surface area contributed by atoms with Crippen LogP contribution in [-0.4, -0.2) is 37.3 Å². The van der Waals surface area contributed by atoms with Crippen LogP contribution in [0.4, 0.5) is 5.13 Å². The second-order valence-electron chi connectivity index (χ2n) is 6.44. The summed E-state index contributed by atoms with van der Waals surface area (Å²) in [4.78, 5) is 18.6. The number of halogens is 1. The summed E-state index contributed by atoms with van der Waals surface area (Å²) in [5, 5.41) is 2.42. The van der Waals surface area contributed by atoms with Gasteiger partial charge in [0.2, 0.25) is 5.91 Å². The normalized spacial score (nSPS) is 15.8. The van der Waals surface area contributed by atoms with Crippen molar-refractivity contribution in [2.75, 3.05) is 17.8 Å². The van der Waals surface area contributed by atoms with Gasteiger partial charge in [0, 0.05) is 23.5 Å². The third-order valence-electron chi connectivity index (χ3n) is 4.37. The number of rotatable bonds is 5. The molecule has 0 unspecified atom stereocenters. The lowest BCUT2D eigenvalue weighted by molar-refractivity contribution is -0.131. The zero-order valence-electron chi connectivity index (χ0n) is 14.3. The van der Waals surface area contributed by atoms with Crippen LogP contribution < -0.4 is 4.72 Å². The van der Waals surface area contributed by atoms with Crippen molar-refractivity contribution in [2.24, 2.45) is 5.92 Å². The summed E-state index contributed by atoms with van der Waals surface area (Å²) in [6.07, 6.45) is 2.23. The summed E-state index contributed by atoms with van der Waals surface area (Å²) in [6.45, 7) is 3.75. The summed E-state index contributed by atoms with van der Waals surface area (Å²) in [7, 11) is -3.73. The Hall–Kier alpha value is -1.64. The van der Waals surface area contributed by atoms with E-state index >= 15 is 0 Å². The van der Waals surface area contributed by atoms with Crippen molar-refractivity contribution in [3.05, 3.63) is 40.4 Å². The fraction of sp³-hybridized carbons (Fsp3) is 0.412. The second-order valence-corrected chi connectivity index (χ2v) is 9.42. The molecule has 1 saturated heterocycles. The molecule has 2 aromatic rings. The number of hydrogen-bond donors (Lipinski definition) is 1. The average molecular weight is 414 g/mol. The van der Waals surface area contributed by atoms with E-state index in [1.54, 1.807) is 5.38 Å². The molecule has 1 amide bonds. The minimum absolute atomic E-state index is 0.0364. The SMILES string of the molecule is CC1CCN(C(=O)Cc2csc(NS(=O)(=O)c3ccc(Cl)cc3)n2)CC1. The molecule has 1 aromatic carbocycles. The van der Waals surface area contributed by atoms with Crippen LogP contribution in [-0.2, 0) is 21.2 Å². The fourth-order valence-electron chi connectivity index (χ4n) is 2.75. The maximum absolute atomic E-state index is 12.4. The van der Waals surface area contributed by atoms with Gasteiger partial charge in [0.05, 0.1) is 17.0 Å². The molecule has 1 fully saturated rings. The zero-order valence-corrected chi connectivity index (χ0v) is 16.7. The molecule has 0 saturated carbocycles. The number of hydrogen-bond acceptors (Lipinski definition) is 5. The van der Waals surface area contributed by atoms with Gasteiger partial charge in [-0.1, -0.05) is 18.5 Å². The van der Waals surface area contributed by atoms with Crippen LogP contribution >= 0.6 is 22.9 Å². The molecule has 6 nitrogen and oxygen atoms in total. The molecule has 0 bridgehead atoms. The fourth-order valence-corrected chi connectivity index (χ4v) is 4.84. The van der Waals surface area contributed by atoms with Crippen molar-refractivity contribution < 1.29 is 13.2 Å². The molecule has 1 N–H and O–H groups in total. The maximum atomic E-state index is 12.4. The van der Waals surface area contributed by atoms with Gasteiger partial charge in [0.1, 0.15) is 0 Å². The van der Waals surface area contributed by atoms with E-state index in [0.717, 1.165) is 25.9 Å². The highest BCUT2D eigenvalue weighted by Gasteiger charge is 2.22. The summed E-state index contributed by atoms with van der Waals surface area (Å²) in [6, 6.07) is 5.89. The van der Waals surface area contributed by atoms with Gasteiger partial charge in [-0.25, -0.2) is 13.4 Å². The summed E-state index contributed by atoms with van der Waals surface area (Å²) >= 11 is 6.95. The molecule has 0 aliphatic carbocycles. The lowest BCUT2D eigenvalue weighted by Crippen LogP contribution is -2.38. The summed E-state index contributed by atoms with van der Waals surface area (Å²) in [5.41, 5.74) is 0.576. The Kier molecular flexibility index (Phi) is 5.84. The van der Waals surface area contributed by atoms with Gasteiger partial charge in [0.15, 0.2) is 5.13 Å². The first-order valence-corrected chi connectivity index (χ1v) is 11.1. The van der Waals surface area contributed by atoms with Gasteiger partial charge in [-0.3, -0.25) is 9.52 Å². The maximum Gasteiger partial charge on any atom is 0.263 e. The number of likely N-dealkylation sites (tertiary alicyclic amines) is 1. The standard InChI is InChI=1S/C17H20ClN3O3S2/c1-12-6-8-21(9-7-12)16(22)10-14-11-25-17(19-14)20-26(23,24)15-4-2-13(18)3-5-15/h2-5,11-12H,6-10H2,1H3,(H,19,20). The van der Waals surface area contributed by atoms with E-state index in [1.807, 2.05) is 4.90 Å². The van der Waals surface area contributed by atoms with Gasteiger partial charge >= 0.3 is 0 Å². The first-order valence-electron chi connectivity index (χ1n) is 8.34.